The summed E-state index contributed by atoms with van der Waals surface area (Å²) in [6.45, 7) is 5.29. The monoisotopic (exact) mass is 299 g/mol. The molecule has 3 nitrogen and oxygen atoms in total. The molecular formula is C13H18BrNO2. The van der Waals surface area contributed by atoms with Gasteiger partial charge in [-0.05, 0) is 38.0 Å². The van der Waals surface area contributed by atoms with Gasteiger partial charge in [0.05, 0.1) is 0 Å². The minimum Gasteiger partial charge on any atom is -0.396 e. The van der Waals surface area contributed by atoms with Crippen molar-refractivity contribution in [3.63, 3.8) is 0 Å². The van der Waals surface area contributed by atoms with Gasteiger partial charge in [0.2, 0.25) is 0 Å². The largest absolute Gasteiger partial charge is 0.396 e. The molecule has 0 heterocycles. The number of hydrogen-bond donors (Lipinski definition) is 1. The number of aliphatic hydroxyl groups is 1. The van der Waals surface area contributed by atoms with Gasteiger partial charge in [-0.25, -0.2) is 0 Å². The van der Waals surface area contributed by atoms with Crippen molar-refractivity contribution in [3.05, 3.63) is 33.8 Å². The van der Waals surface area contributed by atoms with Crippen LogP contribution in [0, 0.1) is 6.92 Å². The van der Waals surface area contributed by atoms with Crippen molar-refractivity contribution in [1.29, 1.82) is 0 Å². The smallest absolute Gasteiger partial charge is 0.253 e. The number of halogens is 1. The molecule has 0 aromatic heterocycles. The highest BCUT2D eigenvalue weighted by atomic mass is 79.9. The van der Waals surface area contributed by atoms with Crippen LogP contribution in [-0.2, 0) is 0 Å². The van der Waals surface area contributed by atoms with E-state index in [9.17, 15) is 4.79 Å². The number of hydrogen-bond acceptors (Lipinski definition) is 2. The Bertz CT molecular complexity index is 393. The molecule has 0 fully saturated rings. The molecule has 17 heavy (non-hydrogen) atoms. The minimum atomic E-state index is 0.0154. The maximum absolute atomic E-state index is 12.2. The van der Waals surface area contributed by atoms with Crippen LogP contribution in [0.2, 0.25) is 0 Å². The molecule has 1 aromatic rings. The molecule has 0 aliphatic rings. The summed E-state index contributed by atoms with van der Waals surface area (Å²) < 4.78 is 0.946. The summed E-state index contributed by atoms with van der Waals surface area (Å²) in [6.07, 6.45) is 0.618. The van der Waals surface area contributed by atoms with Crippen LogP contribution in [-0.4, -0.2) is 35.6 Å². The van der Waals surface area contributed by atoms with Gasteiger partial charge in [0.15, 0.2) is 0 Å². The van der Waals surface area contributed by atoms with E-state index in [1.165, 1.54) is 0 Å². The summed E-state index contributed by atoms with van der Waals surface area (Å²) in [7, 11) is 0. The van der Waals surface area contributed by atoms with Crippen molar-refractivity contribution in [1.82, 2.24) is 4.90 Å². The summed E-state index contributed by atoms with van der Waals surface area (Å²) in [5.41, 5.74) is 1.79. The highest BCUT2D eigenvalue weighted by molar-refractivity contribution is 9.10. The van der Waals surface area contributed by atoms with Gasteiger partial charge in [-0.15, -0.1) is 0 Å². The Balaban J connectivity index is 2.82. The molecule has 0 saturated carbocycles. The third-order valence-corrected chi connectivity index (χ3v) is 3.53. The molecule has 0 radical (unpaired) electrons. The minimum absolute atomic E-state index is 0.0154. The van der Waals surface area contributed by atoms with Crippen molar-refractivity contribution < 1.29 is 9.90 Å². The second-order valence-corrected chi connectivity index (χ2v) is 4.78. The number of aryl methyl sites for hydroxylation is 1. The Kier molecular flexibility index (Phi) is 5.65. The van der Waals surface area contributed by atoms with Gasteiger partial charge in [-0.2, -0.15) is 0 Å². The molecule has 4 heteroatoms. The Labute approximate surface area is 111 Å². The van der Waals surface area contributed by atoms with E-state index in [1.807, 2.05) is 32.0 Å². The second kappa shape index (κ2) is 6.77. The fourth-order valence-electron chi connectivity index (χ4n) is 1.57. The molecule has 1 amide bonds. The maximum atomic E-state index is 12.2. The van der Waals surface area contributed by atoms with E-state index in [2.05, 4.69) is 15.9 Å². The van der Waals surface area contributed by atoms with E-state index >= 15 is 0 Å². The van der Waals surface area contributed by atoms with Gasteiger partial charge in [-0.1, -0.05) is 22.0 Å². The predicted octanol–water partition coefficient (Wildman–Crippen LogP) is 2.60. The maximum Gasteiger partial charge on any atom is 0.253 e. The molecule has 1 aromatic carbocycles. The number of benzene rings is 1. The van der Waals surface area contributed by atoms with Crippen LogP contribution >= 0.6 is 15.9 Å². The molecular weight excluding hydrogens is 282 g/mol. The van der Waals surface area contributed by atoms with E-state index < -0.39 is 0 Å². The van der Waals surface area contributed by atoms with E-state index in [-0.39, 0.29) is 12.5 Å². The zero-order valence-electron chi connectivity index (χ0n) is 10.2. The summed E-state index contributed by atoms with van der Waals surface area (Å²) >= 11 is 3.43. The summed E-state index contributed by atoms with van der Waals surface area (Å²) in [6, 6.07) is 5.61. The SMILES string of the molecule is CCN(CCCO)C(=O)c1ccc(C)c(Br)c1. The summed E-state index contributed by atoms with van der Waals surface area (Å²) in [4.78, 5) is 13.9. The van der Waals surface area contributed by atoms with Crippen LogP contribution in [0.25, 0.3) is 0 Å². The first-order valence-corrected chi connectivity index (χ1v) is 6.55. The number of rotatable bonds is 5. The lowest BCUT2D eigenvalue weighted by molar-refractivity contribution is 0.0754. The first-order valence-electron chi connectivity index (χ1n) is 5.76. The van der Waals surface area contributed by atoms with Gasteiger partial charge in [0, 0.05) is 29.7 Å². The molecule has 94 valence electrons. The third kappa shape index (κ3) is 3.82. The van der Waals surface area contributed by atoms with Crippen LogP contribution in [0.1, 0.15) is 29.3 Å². The molecule has 0 saturated heterocycles. The van der Waals surface area contributed by atoms with Crippen LogP contribution in [0.3, 0.4) is 0 Å². The third-order valence-electron chi connectivity index (χ3n) is 2.67. The van der Waals surface area contributed by atoms with E-state index in [4.69, 9.17) is 5.11 Å². The normalized spacial score (nSPS) is 10.4. The zero-order valence-corrected chi connectivity index (χ0v) is 11.8. The van der Waals surface area contributed by atoms with Gasteiger partial charge >= 0.3 is 0 Å². The van der Waals surface area contributed by atoms with Gasteiger partial charge in [-0.3, -0.25) is 4.79 Å². The van der Waals surface area contributed by atoms with Gasteiger partial charge in [0.25, 0.3) is 5.91 Å². The van der Waals surface area contributed by atoms with Crippen LogP contribution < -0.4 is 0 Å². The molecule has 0 aliphatic carbocycles. The fraction of sp³-hybridized carbons (Fsp3) is 0.462. The molecule has 0 unspecified atom stereocenters. The van der Waals surface area contributed by atoms with Gasteiger partial charge in [0.1, 0.15) is 0 Å². The number of nitrogens with zero attached hydrogens (tertiary/aromatic N) is 1. The quantitative estimate of drug-likeness (QED) is 0.908. The summed E-state index contributed by atoms with van der Waals surface area (Å²) in [5.74, 6) is 0.0154. The first kappa shape index (κ1) is 14.2. The Morgan fingerprint density at radius 1 is 1.47 bits per heavy atom. The fourth-order valence-corrected chi connectivity index (χ4v) is 1.95. The number of aliphatic hydroxyl groups excluding tert-OH is 1. The Hall–Kier alpha value is -0.870. The van der Waals surface area contributed by atoms with Gasteiger partial charge < -0.3 is 10.0 Å². The van der Waals surface area contributed by atoms with Crippen LogP contribution in [0.5, 0.6) is 0 Å². The molecule has 0 aliphatic heterocycles. The van der Waals surface area contributed by atoms with Crippen molar-refractivity contribution in [2.24, 2.45) is 0 Å². The lowest BCUT2D eigenvalue weighted by Crippen LogP contribution is -2.32. The number of amides is 1. The highest BCUT2D eigenvalue weighted by Crippen LogP contribution is 2.18. The molecule has 0 bridgehead atoms. The number of carbonyl (C=O) groups is 1. The lowest BCUT2D eigenvalue weighted by atomic mass is 10.1. The summed E-state index contributed by atoms with van der Waals surface area (Å²) in [5, 5.41) is 8.80. The lowest BCUT2D eigenvalue weighted by Gasteiger charge is -2.20. The van der Waals surface area contributed by atoms with Crippen molar-refractivity contribution in [3.8, 4) is 0 Å². The zero-order chi connectivity index (χ0) is 12.8. The second-order valence-electron chi connectivity index (χ2n) is 3.93. The highest BCUT2D eigenvalue weighted by Gasteiger charge is 2.14. The van der Waals surface area contributed by atoms with E-state index in [1.54, 1.807) is 4.90 Å². The van der Waals surface area contributed by atoms with Crippen molar-refractivity contribution in [2.75, 3.05) is 19.7 Å². The first-order chi connectivity index (χ1) is 8.10. The number of carbonyl (C=O) groups excluding carboxylic acids is 1. The Morgan fingerprint density at radius 3 is 2.71 bits per heavy atom. The van der Waals surface area contributed by atoms with E-state index in [0.717, 1.165) is 10.0 Å². The average molecular weight is 300 g/mol. The van der Waals surface area contributed by atoms with Crippen molar-refractivity contribution >= 4 is 21.8 Å². The predicted molar refractivity (Wildman–Crippen MR) is 72.2 cm³/mol. The average Bonchev–Trinajstić information content (AvgIpc) is 2.33. The molecule has 1 N–H and O–H groups in total. The standard InChI is InChI=1S/C13H18BrNO2/c1-3-15(7-4-8-16)13(17)11-6-5-10(2)12(14)9-11/h5-6,9,16H,3-4,7-8H2,1-2H3. The van der Waals surface area contributed by atoms with E-state index in [0.29, 0.717) is 25.1 Å². The Morgan fingerprint density at radius 2 is 2.18 bits per heavy atom. The molecule has 1 rings (SSSR count). The van der Waals surface area contributed by atoms with Crippen LogP contribution in [0.15, 0.2) is 22.7 Å². The molecule has 0 spiro atoms. The molecule has 0 atom stereocenters. The van der Waals surface area contributed by atoms with Crippen LogP contribution in [0.4, 0.5) is 0 Å². The topological polar surface area (TPSA) is 40.5 Å². The van der Waals surface area contributed by atoms with Crippen molar-refractivity contribution in [2.45, 2.75) is 20.3 Å².